The van der Waals surface area contributed by atoms with Crippen molar-refractivity contribution in [2.24, 2.45) is 0 Å². The maximum absolute atomic E-state index is 11.3. The van der Waals surface area contributed by atoms with E-state index in [-0.39, 0.29) is 10.7 Å². The first-order valence-corrected chi connectivity index (χ1v) is 9.14. The topological polar surface area (TPSA) is 74.5 Å². The molecule has 26 heavy (non-hydrogen) atoms. The van der Waals surface area contributed by atoms with Crippen LogP contribution in [0.5, 0.6) is 0 Å². The second-order valence-electron chi connectivity index (χ2n) is 6.87. The minimum absolute atomic E-state index is 0.0984. The van der Waals surface area contributed by atoms with Crippen molar-refractivity contribution in [3.8, 4) is 0 Å². The van der Waals surface area contributed by atoms with Crippen LogP contribution in [0.2, 0.25) is 5.02 Å². The molecule has 1 N–H and O–H groups in total. The Labute approximate surface area is 158 Å². The molecule has 0 saturated carbocycles. The molecule has 7 nitrogen and oxygen atoms in total. The second-order valence-corrected chi connectivity index (χ2v) is 7.28. The van der Waals surface area contributed by atoms with Crippen molar-refractivity contribution in [3.63, 3.8) is 0 Å². The van der Waals surface area contributed by atoms with Gasteiger partial charge < -0.3 is 19.5 Å². The molecule has 0 radical (unpaired) electrons. The van der Waals surface area contributed by atoms with Crippen LogP contribution in [0.15, 0.2) is 24.5 Å². The summed E-state index contributed by atoms with van der Waals surface area (Å²) in [6, 6.07) is 3.39. The second kappa shape index (κ2) is 8.05. The minimum atomic E-state index is -1.11. The first-order valence-electron chi connectivity index (χ1n) is 8.76. The Morgan fingerprint density at radius 2 is 2.23 bits per heavy atom. The fourth-order valence-electron chi connectivity index (χ4n) is 3.33. The van der Waals surface area contributed by atoms with Gasteiger partial charge in [-0.3, -0.25) is 0 Å². The molecule has 3 rings (SSSR count). The van der Waals surface area contributed by atoms with Crippen LogP contribution in [0.4, 0.5) is 5.82 Å². The Bertz CT molecular complexity index is 777. The molecule has 2 aromatic heterocycles. The molecule has 0 spiro atoms. The lowest BCUT2D eigenvalue weighted by Crippen LogP contribution is -2.36. The number of hydrogen-bond donors (Lipinski definition) is 1. The van der Waals surface area contributed by atoms with E-state index in [4.69, 9.17) is 11.6 Å². The van der Waals surface area contributed by atoms with Crippen molar-refractivity contribution in [1.29, 1.82) is 0 Å². The number of aromatic carboxylic acids is 1. The summed E-state index contributed by atoms with van der Waals surface area (Å²) in [6.45, 7) is 3.48. The number of rotatable bonds is 6. The molecule has 1 fully saturated rings. The molecular formula is C18H24ClN5O2. The Balaban J connectivity index is 1.77. The number of imidazole rings is 1. The molecule has 0 bridgehead atoms. The third kappa shape index (κ3) is 4.16. The van der Waals surface area contributed by atoms with E-state index in [0.717, 1.165) is 44.8 Å². The zero-order valence-electron chi connectivity index (χ0n) is 15.1. The SMILES string of the molecule is CN(C)CCn1ccnc1[C@@H]1CCCN(c2ccc(Cl)c(C(=O)O)n2)C1. The van der Waals surface area contributed by atoms with E-state index in [2.05, 4.69) is 38.4 Å². The average molecular weight is 378 g/mol. The number of carbonyl (C=O) groups is 1. The average Bonchev–Trinajstić information content (AvgIpc) is 3.09. The summed E-state index contributed by atoms with van der Waals surface area (Å²) >= 11 is 5.94. The van der Waals surface area contributed by atoms with E-state index >= 15 is 0 Å². The van der Waals surface area contributed by atoms with Gasteiger partial charge in [0.05, 0.1) is 5.02 Å². The highest BCUT2D eigenvalue weighted by Gasteiger charge is 2.26. The summed E-state index contributed by atoms with van der Waals surface area (Å²) in [5, 5.41) is 9.41. The number of anilines is 1. The van der Waals surface area contributed by atoms with Gasteiger partial charge in [0.2, 0.25) is 0 Å². The van der Waals surface area contributed by atoms with Crippen LogP contribution in [-0.4, -0.2) is 64.2 Å². The maximum Gasteiger partial charge on any atom is 0.356 e. The normalized spacial score (nSPS) is 17.7. The number of nitrogens with zero attached hydrogens (tertiary/aromatic N) is 5. The zero-order chi connectivity index (χ0) is 18.7. The molecule has 1 aliphatic rings. The predicted octanol–water partition coefficient (Wildman–Crippen LogP) is 2.58. The number of carboxylic acids is 1. The first kappa shape index (κ1) is 18.7. The lowest BCUT2D eigenvalue weighted by Gasteiger charge is -2.33. The molecule has 1 saturated heterocycles. The van der Waals surface area contributed by atoms with Gasteiger partial charge in [-0.2, -0.15) is 0 Å². The van der Waals surface area contributed by atoms with E-state index < -0.39 is 5.97 Å². The Morgan fingerprint density at radius 3 is 2.96 bits per heavy atom. The van der Waals surface area contributed by atoms with Gasteiger partial charge in [0.15, 0.2) is 5.69 Å². The highest BCUT2D eigenvalue weighted by atomic mass is 35.5. The molecule has 2 aromatic rings. The lowest BCUT2D eigenvalue weighted by atomic mass is 9.97. The maximum atomic E-state index is 11.3. The number of hydrogen-bond acceptors (Lipinski definition) is 5. The standard InChI is InChI=1S/C18H24ClN5O2/c1-22(2)10-11-23-9-7-20-17(23)13-4-3-8-24(12-13)15-6-5-14(19)16(21-15)18(25)26/h5-7,9,13H,3-4,8,10-12H2,1-2H3,(H,25,26)/t13-/m1/s1. The molecule has 140 valence electrons. The van der Waals surface area contributed by atoms with Crippen LogP contribution in [-0.2, 0) is 6.54 Å². The van der Waals surface area contributed by atoms with Crippen LogP contribution in [0.25, 0.3) is 0 Å². The van der Waals surface area contributed by atoms with Crippen molar-refractivity contribution < 1.29 is 9.90 Å². The summed E-state index contributed by atoms with van der Waals surface area (Å²) in [5.41, 5.74) is -0.0984. The van der Waals surface area contributed by atoms with Crippen LogP contribution in [0.3, 0.4) is 0 Å². The summed E-state index contributed by atoms with van der Waals surface area (Å²) in [6.07, 6.45) is 5.96. The quantitative estimate of drug-likeness (QED) is 0.834. The number of likely N-dealkylation sites (N-methyl/N-ethyl adjacent to an activating group) is 1. The van der Waals surface area contributed by atoms with E-state index in [0.29, 0.717) is 11.7 Å². The van der Waals surface area contributed by atoms with Gasteiger partial charge in [-0.15, -0.1) is 0 Å². The monoisotopic (exact) mass is 377 g/mol. The van der Waals surface area contributed by atoms with Crippen LogP contribution in [0.1, 0.15) is 35.1 Å². The molecule has 0 aliphatic carbocycles. The number of pyridine rings is 1. The molecule has 3 heterocycles. The van der Waals surface area contributed by atoms with Crippen molar-refractivity contribution in [1.82, 2.24) is 19.4 Å². The smallest absolute Gasteiger partial charge is 0.356 e. The lowest BCUT2D eigenvalue weighted by molar-refractivity contribution is 0.0691. The van der Waals surface area contributed by atoms with Gasteiger partial charge in [0.1, 0.15) is 11.6 Å². The van der Waals surface area contributed by atoms with E-state index in [1.54, 1.807) is 12.1 Å². The summed E-state index contributed by atoms with van der Waals surface area (Å²) in [4.78, 5) is 24.4. The minimum Gasteiger partial charge on any atom is -0.476 e. The molecule has 1 aliphatic heterocycles. The van der Waals surface area contributed by atoms with E-state index in [1.165, 1.54) is 0 Å². The summed E-state index contributed by atoms with van der Waals surface area (Å²) in [7, 11) is 4.12. The van der Waals surface area contributed by atoms with Crippen molar-refractivity contribution in [3.05, 3.63) is 41.1 Å². The molecule has 1 atom stereocenters. The van der Waals surface area contributed by atoms with Gasteiger partial charge in [0, 0.05) is 44.5 Å². The number of aromatic nitrogens is 3. The molecule has 0 aromatic carbocycles. The van der Waals surface area contributed by atoms with Crippen LogP contribution in [0, 0.1) is 0 Å². The van der Waals surface area contributed by atoms with Gasteiger partial charge >= 0.3 is 5.97 Å². The fourth-order valence-corrected chi connectivity index (χ4v) is 3.52. The number of piperidine rings is 1. The molecule has 0 unspecified atom stereocenters. The van der Waals surface area contributed by atoms with Gasteiger partial charge in [-0.25, -0.2) is 14.8 Å². The highest BCUT2D eigenvalue weighted by molar-refractivity contribution is 6.33. The van der Waals surface area contributed by atoms with Gasteiger partial charge in [-0.05, 0) is 39.1 Å². The van der Waals surface area contributed by atoms with Gasteiger partial charge in [-0.1, -0.05) is 11.6 Å². The highest BCUT2D eigenvalue weighted by Crippen LogP contribution is 2.29. The van der Waals surface area contributed by atoms with Crippen molar-refractivity contribution in [2.45, 2.75) is 25.3 Å². The molecule has 0 amide bonds. The Hall–Kier alpha value is -2.12. The third-order valence-corrected chi connectivity index (χ3v) is 4.99. The van der Waals surface area contributed by atoms with Crippen molar-refractivity contribution >= 4 is 23.4 Å². The van der Waals surface area contributed by atoms with Crippen LogP contribution < -0.4 is 4.90 Å². The molecule has 8 heteroatoms. The molecular weight excluding hydrogens is 354 g/mol. The zero-order valence-corrected chi connectivity index (χ0v) is 15.9. The number of halogens is 1. The summed E-state index contributed by atoms with van der Waals surface area (Å²) in [5.74, 6) is 0.933. The fraction of sp³-hybridized carbons (Fsp3) is 0.500. The van der Waals surface area contributed by atoms with E-state index in [9.17, 15) is 9.90 Å². The Kier molecular flexibility index (Phi) is 5.78. The van der Waals surface area contributed by atoms with Gasteiger partial charge in [0.25, 0.3) is 0 Å². The third-order valence-electron chi connectivity index (χ3n) is 4.68. The Morgan fingerprint density at radius 1 is 1.42 bits per heavy atom. The number of carboxylic acid groups (broad SMARTS) is 1. The first-order chi connectivity index (χ1) is 12.5. The summed E-state index contributed by atoms with van der Waals surface area (Å²) < 4.78 is 2.21. The van der Waals surface area contributed by atoms with E-state index in [1.807, 2.05) is 12.4 Å². The van der Waals surface area contributed by atoms with Crippen molar-refractivity contribution in [2.75, 3.05) is 38.6 Å². The predicted molar refractivity (Wildman–Crippen MR) is 101 cm³/mol. The largest absolute Gasteiger partial charge is 0.476 e. The van der Waals surface area contributed by atoms with Crippen LogP contribution >= 0.6 is 11.6 Å².